The molecule has 2 atom stereocenters. The first-order chi connectivity index (χ1) is 15.8. The van der Waals surface area contributed by atoms with Crippen LogP contribution >= 0.6 is 11.3 Å². The van der Waals surface area contributed by atoms with Gasteiger partial charge in [0.05, 0.1) is 22.2 Å². The van der Waals surface area contributed by atoms with Crippen LogP contribution < -0.4 is 19.5 Å². The van der Waals surface area contributed by atoms with Crippen molar-refractivity contribution in [2.75, 3.05) is 31.6 Å². The Kier molecular flexibility index (Phi) is 5.53. The number of pyridine rings is 1. The molecule has 33 heavy (non-hydrogen) atoms. The van der Waals surface area contributed by atoms with Crippen LogP contribution in [0.2, 0.25) is 0 Å². The normalized spacial score (nSPS) is 21.0. The van der Waals surface area contributed by atoms with Crippen LogP contribution in [0, 0.1) is 0 Å². The molecular formula is C22H23F2N4O4S+. The molecule has 0 saturated carbocycles. The number of carbonyl (C=O) groups excluding carboxylic acids is 1. The average Bonchev–Trinajstić information content (AvgIpc) is 3.18. The number of thiazole rings is 1. The minimum atomic E-state index is -2.90. The molecule has 0 spiro atoms. The minimum absolute atomic E-state index is 0.0261. The summed E-state index contributed by atoms with van der Waals surface area (Å²) in [6.07, 6.45) is 2.29. The van der Waals surface area contributed by atoms with E-state index in [1.165, 1.54) is 35.9 Å². The van der Waals surface area contributed by atoms with E-state index in [9.17, 15) is 18.8 Å². The molecule has 1 amide bonds. The first kappa shape index (κ1) is 21.8. The van der Waals surface area contributed by atoms with E-state index < -0.39 is 17.9 Å². The molecule has 2 aromatic heterocycles. The standard InChI is InChI=1S/C22H22F2N4O4S/c1-13(27-7-4-22(23,24)15(12-27)14-2-5-28(30)6-3-14)20(29)26-21-25-16-10-17-18(11-19(16)33-21)32-9-8-31-17/h2-3,5-6,10-11,13,15H,4,7-9,12H2,1H3,(H-,25,26,29,30)/p+1. The van der Waals surface area contributed by atoms with Crippen LogP contribution in [0.4, 0.5) is 13.9 Å². The van der Waals surface area contributed by atoms with E-state index in [1.807, 2.05) is 6.07 Å². The zero-order valence-electron chi connectivity index (χ0n) is 17.8. The van der Waals surface area contributed by atoms with Crippen molar-refractivity contribution in [2.24, 2.45) is 0 Å². The lowest BCUT2D eigenvalue weighted by Gasteiger charge is -2.40. The molecule has 0 aliphatic carbocycles. The summed E-state index contributed by atoms with van der Waals surface area (Å²) in [5, 5.41) is 12.7. The van der Waals surface area contributed by atoms with Gasteiger partial charge >= 0.3 is 0 Å². The van der Waals surface area contributed by atoms with E-state index in [-0.39, 0.29) is 25.4 Å². The molecule has 174 valence electrons. The maximum atomic E-state index is 14.7. The molecule has 2 aliphatic rings. The number of ether oxygens (including phenoxy) is 2. The number of rotatable bonds is 4. The summed E-state index contributed by atoms with van der Waals surface area (Å²) in [6, 6.07) is 5.95. The Labute approximate surface area is 192 Å². The fourth-order valence-corrected chi connectivity index (χ4v) is 5.06. The number of hydrogen-bond acceptors (Lipinski definition) is 7. The smallest absolute Gasteiger partial charge is 0.257 e. The number of amides is 1. The van der Waals surface area contributed by atoms with E-state index in [0.717, 1.165) is 9.43 Å². The van der Waals surface area contributed by atoms with E-state index in [0.29, 0.717) is 40.9 Å². The van der Waals surface area contributed by atoms with Crippen LogP contribution in [0.25, 0.3) is 10.2 Å². The van der Waals surface area contributed by atoms with Gasteiger partial charge in [-0.2, -0.15) is 0 Å². The summed E-state index contributed by atoms with van der Waals surface area (Å²) >= 11 is 1.32. The summed E-state index contributed by atoms with van der Waals surface area (Å²) in [6.45, 7) is 2.79. The number of carbonyl (C=O) groups is 1. The van der Waals surface area contributed by atoms with Gasteiger partial charge in [0.1, 0.15) is 13.2 Å². The number of benzene rings is 1. The van der Waals surface area contributed by atoms with Gasteiger partial charge in [0, 0.05) is 48.5 Å². The van der Waals surface area contributed by atoms with Crippen molar-refractivity contribution in [3.05, 3.63) is 42.2 Å². The first-order valence-electron chi connectivity index (χ1n) is 10.6. The molecule has 2 aliphatic heterocycles. The van der Waals surface area contributed by atoms with Gasteiger partial charge < -0.3 is 14.8 Å². The van der Waals surface area contributed by atoms with Crippen molar-refractivity contribution >= 4 is 32.6 Å². The summed E-state index contributed by atoms with van der Waals surface area (Å²) in [4.78, 5) is 19.2. The van der Waals surface area contributed by atoms with Crippen LogP contribution in [0.3, 0.4) is 0 Å². The second-order valence-corrected chi connectivity index (χ2v) is 9.25. The second-order valence-electron chi connectivity index (χ2n) is 8.22. The van der Waals surface area contributed by atoms with E-state index in [4.69, 9.17) is 9.47 Å². The molecule has 8 nitrogen and oxygen atoms in total. The maximum Gasteiger partial charge on any atom is 0.257 e. The number of piperidine rings is 1. The number of nitrogens with one attached hydrogen (secondary N) is 1. The van der Waals surface area contributed by atoms with Crippen molar-refractivity contribution in [1.29, 1.82) is 0 Å². The average molecular weight is 478 g/mol. The summed E-state index contributed by atoms with van der Waals surface area (Å²) < 4.78 is 42.2. The fourth-order valence-electron chi connectivity index (χ4n) is 4.18. The van der Waals surface area contributed by atoms with Gasteiger partial charge in [-0.1, -0.05) is 11.3 Å². The Morgan fingerprint density at radius 3 is 2.73 bits per heavy atom. The Bertz CT molecular complexity index is 1140. The molecule has 0 radical (unpaired) electrons. The molecule has 5 rings (SSSR count). The first-order valence-corrected chi connectivity index (χ1v) is 11.5. The third-order valence-corrected chi connectivity index (χ3v) is 7.04. The fraction of sp³-hybridized carbons (Fsp3) is 0.409. The number of halogens is 2. The molecule has 3 aromatic rings. The lowest BCUT2D eigenvalue weighted by molar-refractivity contribution is -0.904. The SMILES string of the molecule is CC(C(=O)Nc1nc2cc3c(cc2s1)OCCO3)N1CCC(F)(F)C(c2cc[n+](O)cc2)C1. The Balaban J connectivity index is 1.30. The summed E-state index contributed by atoms with van der Waals surface area (Å²) in [7, 11) is 0. The largest absolute Gasteiger partial charge is 0.486 e. The minimum Gasteiger partial charge on any atom is -0.486 e. The van der Waals surface area contributed by atoms with Crippen molar-refractivity contribution in [3.63, 3.8) is 0 Å². The zero-order valence-corrected chi connectivity index (χ0v) is 18.6. The second kappa shape index (κ2) is 8.38. The number of anilines is 1. The predicted molar refractivity (Wildman–Crippen MR) is 116 cm³/mol. The highest BCUT2D eigenvalue weighted by Gasteiger charge is 2.46. The maximum absolute atomic E-state index is 14.7. The van der Waals surface area contributed by atoms with E-state index in [1.54, 1.807) is 17.9 Å². The van der Waals surface area contributed by atoms with Crippen LogP contribution in [0.5, 0.6) is 11.5 Å². The van der Waals surface area contributed by atoms with Crippen LogP contribution in [-0.4, -0.2) is 59.3 Å². The molecule has 0 bridgehead atoms. The number of nitrogens with zero attached hydrogens (tertiary/aromatic N) is 3. The molecule has 1 aromatic carbocycles. The third-order valence-electron chi connectivity index (χ3n) is 6.11. The number of hydrogen-bond donors (Lipinski definition) is 2. The van der Waals surface area contributed by atoms with Crippen LogP contribution in [0.1, 0.15) is 24.8 Å². The van der Waals surface area contributed by atoms with Gasteiger partial charge in [-0.15, -0.1) is 0 Å². The molecule has 2 unspecified atom stereocenters. The van der Waals surface area contributed by atoms with Crippen molar-refractivity contribution < 1.29 is 33.0 Å². The quantitative estimate of drug-likeness (QED) is 0.444. The van der Waals surface area contributed by atoms with Crippen molar-refractivity contribution in [3.8, 4) is 11.5 Å². The molecule has 11 heteroatoms. The number of alkyl halides is 2. The Morgan fingerprint density at radius 2 is 2.00 bits per heavy atom. The van der Waals surface area contributed by atoms with Gasteiger partial charge in [0.25, 0.3) is 5.92 Å². The van der Waals surface area contributed by atoms with E-state index in [2.05, 4.69) is 10.3 Å². The topological polar surface area (TPSA) is 87.8 Å². The zero-order chi connectivity index (χ0) is 23.2. The monoisotopic (exact) mass is 477 g/mol. The highest BCUT2D eigenvalue weighted by Crippen LogP contribution is 2.41. The molecule has 4 heterocycles. The highest BCUT2D eigenvalue weighted by molar-refractivity contribution is 7.22. The Morgan fingerprint density at radius 1 is 1.30 bits per heavy atom. The molecule has 1 fully saturated rings. The molecular weight excluding hydrogens is 454 g/mol. The van der Waals surface area contributed by atoms with Crippen molar-refractivity contribution in [1.82, 2.24) is 9.88 Å². The molecule has 1 saturated heterocycles. The van der Waals surface area contributed by atoms with Crippen LogP contribution in [0.15, 0.2) is 36.7 Å². The van der Waals surface area contributed by atoms with Crippen LogP contribution in [-0.2, 0) is 4.79 Å². The molecule has 2 N–H and O–H groups in total. The number of likely N-dealkylation sites (tertiary alicyclic amines) is 1. The number of aromatic nitrogens is 2. The van der Waals surface area contributed by atoms with Gasteiger partial charge in [0.2, 0.25) is 18.3 Å². The summed E-state index contributed by atoms with van der Waals surface area (Å²) in [5.41, 5.74) is 1.11. The highest BCUT2D eigenvalue weighted by atomic mass is 32.1. The van der Waals surface area contributed by atoms with Gasteiger partial charge in [-0.3, -0.25) is 14.9 Å². The predicted octanol–water partition coefficient (Wildman–Crippen LogP) is 3.04. The number of fused-ring (bicyclic) bond motifs is 2. The van der Waals surface area contributed by atoms with Gasteiger partial charge in [-0.05, 0) is 12.5 Å². The van der Waals surface area contributed by atoms with E-state index >= 15 is 0 Å². The van der Waals surface area contributed by atoms with Gasteiger partial charge in [0.15, 0.2) is 16.6 Å². The third kappa shape index (κ3) is 4.30. The Hall–Kier alpha value is -3.05. The van der Waals surface area contributed by atoms with Gasteiger partial charge in [-0.25, -0.2) is 13.8 Å². The summed E-state index contributed by atoms with van der Waals surface area (Å²) in [5.74, 6) is -3.01. The van der Waals surface area contributed by atoms with Crippen molar-refractivity contribution in [2.45, 2.75) is 31.2 Å². The lowest BCUT2D eigenvalue weighted by atomic mass is 9.87. The lowest BCUT2D eigenvalue weighted by Crippen LogP contribution is -2.52.